The van der Waals surface area contributed by atoms with E-state index in [1.807, 2.05) is 19.2 Å². The van der Waals surface area contributed by atoms with E-state index in [2.05, 4.69) is 4.90 Å². The Morgan fingerprint density at radius 2 is 2.00 bits per heavy atom. The number of nitrogens with zero attached hydrogens (tertiary/aromatic N) is 1. The number of hydrogen-bond donors (Lipinski definition) is 0. The maximum atomic E-state index is 6.04. The molecule has 1 rings (SSSR count). The molecule has 0 radical (unpaired) electrons. The van der Waals surface area contributed by atoms with Crippen LogP contribution in [0.5, 0.6) is 0 Å². The monoisotopic (exact) mass is 251 g/mol. The van der Waals surface area contributed by atoms with Gasteiger partial charge in [0.25, 0.3) is 0 Å². The van der Waals surface area contributed by atoms with Crippen molar-refractivity contribution < 1.29 is 0 Å². The third kappa shape index (κ3) is 3.23. The molecule has 0 aliphatic carbocycles. The second kappa shape index (κ2) is 5.69. The average molecular weight is 253 g/mol. The fourth-order valence-corrected chi connectivity index (χ4v) is 1.88. The topological polar surface area (TPSA) is 3.24 Å². The lowest BCUT2D eigenvalue weighted by Gasteiger charge is -2.20. The summed E-state index contributed by atoms with van der Waals surface area (Å²) in [5.41, 5.74) is 0.987. The summed E-state index contributed by atoms with van der Waals surface area (Å²) in [5.74, 6) is 0.662. The summed E-state index contributed by atoms with van der Waals surface area (Å²) in [7, 11) is 1.99. The van der Waals surface area contributed by atoms with Gasteiger partial charge in [0.05, 0.1) is 10.7 Å². The molecule has 0 aromatic heterocycles. The molecule has 0 saturated carbocycles. The molecular formula is C10H12Cl3N. The molecule has 0 atom stereocenters. The van der Waals surface area contributed by atoms with E-state index in [1.165, 1.54) is 0 Å². The predicted octanol–water partition coefficient (Wildman–Crippen LogP) is 4.06. The van der Waals surface area contributed by atoms with E-state index in [1.54, 1.807) is 6.07 Å². The van der Waals surface area contributed by atoms with Gasteiger partial charge in [0.15, 0.2) is 0 Å². The van der Waals surface area contributed by atoms with Crippen molar-refractivity contribution in [3.8, 4) is 0 Å². The maximum absolute atomic E-state index is 6.04. The first-order valence-electron chi connectivity index (χ1n) is 4.37. The first-order valence-corrected chi connectivity index (χ1v) is 5.66. The van der Waals surface area contributed by atoms with E-state index < -0.39 is 0 Å². The third-order valence-corrected chi connectivity index (χ3v) is 2.75. The molecular weight excluding hydrogens is 240 g/mol. The van der Waals surface area contributed by atoms with Crippen molar-refractivity contribution in [2.75, 3.05) is 24.4 Å². The summed E-state index contributed by atoms with van der Waals surface area (Å²) in [6.07, 6.45) is 0.941. The van der Waals surface area contributed by atoms with E-state index in [0.717, 1.165) is 18.7 Å². The molecule has 14 heavy (non-hydrogen) atoms. The second-order valence-electron chi connectivity index (χ2n) is 3.06. The van der Waals surface area contributed by atoms with E-state index in [4.69, 9.17) is 34.8 Å². The van der Waals surface area contributed by atoms with Gasteiger partial charge in [-0.2, -0.15) is 0 Å². The minimum Gasteiger partial charge on any atom is -0.373 e. The molecule has 0 saturated heterocycles. The van der Waals surface area contributed by atoms with Gasteiger partial charge in [0, 0.05) is 24.5 Å². The van der Waals surface area contributed by atoms with Crippen LogP contribution in [0.2, 0.25) is 10.0 Å². The fourth-order valence-electron chi connectivity index (χ4n) is 1.21. The molecule has 1 aromatic rings. The summed E-state index contributed by atoms with van der Waals surface area (Å²) in [6, 6.07) is 5.49. The molecule has 78 valence electrons. The SMILES string of the molecule is CN(CCCCl)c1ccc(Cl)cc1Cl. The molecule has 0 spiro atoms. The van der Waals surface area contributed by atoms with Crippen molar-refractivity contribution >= 4 is 40.5 Å². The quantitative estimate of drug-likeness (QED) is 0.731. The summed E-state index contributed by atoms with van der Waals surface area (Å²) >= 11 is 17.5. The van der Waals surface area contributed by atoms with Crippen LogP contribution in [0.1, 0.15) is 6.42 Å². The Labute approximate surface area is 99.6 Å². The van der Waals surface area contributed by atoms with Crippen molar-refractivity contribution in [1.82, 2.24) is 0 Å². The van der Waals surface area contributed by atoms with Gasteiger partial charge < -0.3 is 4.90 Å². The van der Waals surface area contributed by atoms with Crippen LogP contribution in [0, 0.1) is 0 Å². The van der Waals surface area contributed by atoms with Gasteiger partial charge in [0.1, 0.15) is 0 Å². The fraction of sp³-hybridized carbons (Fsp3) is 0.400. The summed E-state index contributed by atoms with van der Waals surface area (Å²) in [6.45, 7) is 0.894. The van der Waals surface area contributed by atoms with Crippen LogP contribution in [0.15, 0.2) is 18.2 Å². The zero-order valence-corrected chi connectivity index (χ0v) is 10.2. The van der Waals surface area contributed by atoms with Crippen LogP contribution in [-0.2, 0) is 0 Å². The van der Waals surface area contributed by atoms with Crippen molar-refractivity contribution in [3.05, 3.63) is 28.2 Å². The van der Waals surface area contributed by atoms with Gasteiger partial charge in [-0.25, -0.2) is 0 Å². The van der Waals surface area contributed by atoms with Gasteiger partial charge in [-0.3, -0.25) is 0 Å². The smallest absolute Gasteiger partial charge is 0.0654 e. The number of benzene rings is 1. The molecule has 1 aromatic carbocycles. The van der Waals surface area contributed by atoms with E-state index in [9.17, 15) is 0 Å². The predicted molar refractivity (Wildman–Crippen MR) is 65.1 cm³/mol. The number of alkyl halides is 1. The minimum atomic E-state index is 0.657. The molecule has 0 unspecified atom stereocenters. The van der Waals surface area contributed by atoms with Gasteiger partial charge in [-0.05, 0) is 24.6 Å². The molecule has 0 heterocycles. The highest BCUT2D eigenvalue weighted by Gasteiger charge is 2.05. The van der Waals surface area contributed by atoms with Crippen molar-refractivity contribution in [2.24, 2.45) is 0 Å². The van der Waals surface area contributed by atoms with E-state index in [-0.39, 0.29) is 0 Å². The van der Waals surface area contributed by atoms with Crippen LogP contribution in [0.25, 0.3) is 0 Å². The van der Waals surface area contributed by atoms with Crippen molar-refractivity contribution in [3.63, 3.8) is 0 Å². The summed E-state index contributed by atoms with van der Waals surface area (Å²) in [4.78, 5) is 2.07. The molecule has 4 heteroatoms. The summed E-state index contributed by atoms with van der Waals surface area (Å²) < 4.78 is 0. The Morgan fingerprint density at radius 3 is 2.57 bits per heavy atom. The lowest BCUT2D eigenvalue weighted by Crippen LogP contribution is -2.19. The molecule has 0 N–H and O–H groups in total. The first kappa shape index (κ1) is 12.0. The van der Waals surface area contributed by atoms with Crippen LogP contribution < -0.4 is 4.90 Å². The molecule has 0 bridgehead atoms. The molecule has 1 nitrogen and oxygen atoms in total. The van der Waals surface area contributed by atoms with Gasteiger partial charge >= 0.3 is 0 Å². The number of rotatable bonds is 4. The van der Waals surface area contributed by atoms with Gasteiger partial charge in [-0.15, -0.1) is 11.6 Å². The number of anilines is 1. The van der Waals surface area contributed by atoms with Gasteiger partial charge in [-0.1, -0.05) is 23.2 Å². The Morgan fingerprint density at radius 1 is 1.29 bits per heavy atom. The molecule has 0 aliphatic heterocycles. The second-order valence-corrected chi connectivity index (χ2v) is 4.28. The average Bonchev–Trinajstić information content (AvgIpc) is 2.14. The lowest BCUT2D eigenvalue weighted by atomic mass is 10.3. The minimum absolute atomic E-state index is 0.657. The summed E-state index contributed by atoms with van der Waals surface area (Å²) in [5, 5.41) is 1.33. The molecule has 0 amide bonds. The third-order valence-electron chi connectivity index (χ3n) is 1.95. The number of halogens is 3. The van der Waals surface area contributed by atoms with E-state index in [0.29, 0.717) is 15.9 Å². The van der Waals surface area contributed by atoms with Crippen LogP contribution in [0.4, 0.5) is 5.69 Å². The Bertz CT molecular complexity index is 301. The maximum Gasteiger partial charge on any atom is 0.0654 e. The van der Waals surface area contributed by atoms with E-state index >= 15 is 0 Å². The Kier molecular flexibility index (Phi) is 4.86. The van der Waals surface area contributed by atoms with Crippen LogP contribution in [0.3, 0.4) is 0 Å². The Hall–Kier alpha value is -0.110. The van der Waals surface area contributed by atoms with Crippen LogP contribution >= 0.6 is 34.8 Å². The highest BCUT2D eigenvalue weighted by molar-refractivity contribution is 6.36. The normalized spacial score (nSPS) is 10.3. The highest BCUT2D eigenvalue weighted by Crippen LogP contribution is 2.27. The van der Waals surface area contributed by atoms with Crippen LogP contribution in [-0.4, -0.2) is 19.5 Å². The van der Waals surface area contributed by atoms with Gasteiger partial charge in [0.2, 0.25) is 0 Å². The lowest BCUT2D eigenvalue weighted by molar-refractivity contribution is 0.857. The molecule has 0 fully saturated rings. The zero-order valence-electron chi connectivity index (χ0n) is 7.93. The van der Waals surface area contributed by atoms with Crippen molar-refractivity contribution in [2.45, 2.75) is 6.42 Å². The van der Waals surface area contributed by atoms with Crippen molar-refractivity contribution in [1.29, 1.82) is 0 Å². The molecule has 0 aliphatic rings. The number of hydrogen-bond acceptors (Lipinski definition) is 1. The largest absolute Gasteiger partial charge is 0.373 e. The highest BCUT2D eigenvalue weighted by atomic mass is 35.5. The zero-order chi connectivity index (χ0) is 10.6. The Balaban J connectivity index is 2.74. The standard InChI is InChI=1S/C10H12Cl3N/c1-14(6-2-5-11)10-4-3-8(12)7-9(10)13/h3-4,7H,2,5-6H2,1H3. The first-order chi connectivity index (χ1) is 6.65.